The van der Waals surface area contributed by atoms with E-state index in [4.69, 9.17) is 29.8 Å². The number of anilines is 1. The summed E-state index contributed by atoms with van der Waals surface area (Å²) in [6, 6.07) is 13.2. The average Bonchev–Trinajstić information content (AvgIpc) is 2.93. The van der Waals surface area contributed by atoms with Gasteiger partial charge >= 0.3 is 0 Å². The number of hydrogen-bond donors (Lipinski definition) is 0. The van der Waals surface area contributed by atoms with Crippen molar-refractivity contribution in [2.75, 3.05) is 11.4 Å². The van der Waals surface area contributed by atoms with Crippen LogP contribution in [0.4, 0.5) is 5.69 Å². The molecule has 0 saturated heterocycles. The Balaban J connectivity index is 1.68. The van der Waals surface area contributed by atoms with E-state index in [2.05, 4.69) is 14.3 Å². The maximum absolute atomic E-state index is 13.5. The lowest BCUT2D eigenvalue weighted by molar-refractivity contribution is -0.667. The number of rotatable bonds is 5. The van der Waals surface area contributed by atoms with Gasteiger partial charge in [0.25, 0.3) is 0 Å². The van der Waals surface area contributed by atoms with Crippen molar-refractivity contribution in [2.24, 2.45) is 0 Å². The highest BCUT2D eigenvalue weighted by Gasteiger charge is 2.35. The molecule has 2 aromatic carbocycles. The Bertz CT molecular complexity index is 1750. The molecule has 1 aliphatic heterocycles. The van der Waals surface area contributed by atoms with E-state index in [-0.39, 0.29) is 11.5 Å². The van der Waals surface area contributed by atoms with Crippen LogP contribution < -0.4 is 9.47 Å². The number of benzene rings is 2. The van der Waals surface area contributed by atoms with Crippen LogP contribution in [-0.2, 0) is 11.3 Å². The number of aromatic nitrogens is 1. The SMILES string of the molecule is [C-]#[N+]C(=C=[N-])C1=C(/C=C2\C=CN(CC)c3cc(Cl)ccc32)C(=O)/C1=C\c1cc[n+](CC)c2cc(Cl)ccc12. The molecule has 0 amide bonds. The number of aryl methyl sites for hydroxylation is 1. The van der Waals surface area contributed by atoms with E-state index in [1.165, 1.54) is 0 Å². The molecule has 1 aliphatic carbocycles. The summed E-state index contributed by atoms with van der Waals surface area (Å²) in [5.41, 5.74) is 5.38. The summed E-state index contributed by atoms with van der Waals surface area (Å²) < 4.78 is 2.07. The van der Waals surface area contributed by atoms with Gasteiger partial charge in [0.05, 0.1) is 17.6 Å². The lowest BCUT2D eigenvalue weighted by atomic mass is 9.77. The number of carbonyl (C=O) groups excluding carboxylic acids is 1. The molecule has 0 unspecified atom stereocenters. The van der Waals surface area contributed by atoms with Gasteiger partial charge in [0.15, 0.2) is 12.0 Å². The fraction of sp³-hybridized carbons (Fsp3) is 0.129. The van der Waals surface area contributed by atoms with Crippen LogP contribution in [0.1, 0.15) is 25.0 Å². The number of carbonyl (C=O) groups is 1. The summed E-state index contributed by atoms with van der Waals surface area (Å²) >= 11 is 12.5. The Kier molecular flexibility index (Phi) is 6.89. The molecule has 1 aromatic heterocycles. The highest BCUT2D eigenvalue weighted by molar-refractivity contribution is 6.31. The van der Waals surface area contributed by atoms with Crippen LogP contribution in [0.3, 0.4) is 0 Å². The van der Waals surface area contributed by atoms with Crippen LogP contribution in [0.25, 0.3) is 32.8 Å². The second-order valence-corrected chi connectivity index (χ2v) is 9.70. The summed E-state index contributed by atoms with van der Waals surface area (Å²) in [6.07, 6.45) is 9.35. The first kappa shape index (κ1) is 25.4. The third kappa shape index (κ3) is 4.30. The number of pyridine rings is 1. The van der Waals surface area contributed by atoms with Gasteiger partial charge in [-0.05, 0) is 67.5 Å². The summed E-state index contributed by atoms with van der Waals surface area (Å²) in [5, 5.41) is 11.9. The minimum atomic E-state index is -0.208. The molecule has 0 radical (unpaired) electrons. The second-order valence-electron chi connectivity index (χ2n) is 8.83. The minimum Gasteiger partial charge on any atom is -0.775 e. The molecule has 5 rings (SSSR count). The van der Waals surface area contributed by atoms with E-state index in [0.29, 0.717) is 26.8 Å². The summed E-state index contributed by atoms with van der Waals surface area (Å²) in [7, 11) is 0. The van der Waals surface area contributed by atoms with E-state index in [1.807, 2.05) is 80.7 Å². The van der Waals surface area contributed by atoms with E-state index < -0.39 is 0 Å². The summed E-state index contributed by atoms with van der Waals surface area (Å²) in [4.78, 5) is 19.0. The third-order valence-electron chi connectivity index (χ3n) is 6.79. The lowest BCUT2D eigenvalue weighted by Gasteiger charge is -2.28. The molecule has 0 atom stereocenters. The standard InChI is InChI=1S/C31H22Cl2N4O/c1-4-36-12-10-19(23-8-6-21(32)16-28(23)36)14-25-30(27(18-34)35-3)26(31(25)38)15-20-11-13-37(5-2)29-17-22(33)7-9-24(20)29/h6-17H,4-5H2,1-2H3. The Morgan fingerprint density at radius 2 is 1.89 bits per heavy atom. The van der Waals surface area contributed by atoms with Crippen molar-refractivity contribution < 1.29 is 9.36 Å². The van der Waals surface area contributed by atoms with Crippen LogP contribution in [-0.4, -0.2) is 18.2 Å². The zero-order valence-corrected chi connectivity index (χ0v) is 22.3. The lowest BCUT2D eigenvalue weighted by Crippen LogP contribution is -2.32. The molecule has 0 bridgehead atoms. The first-order valence-corrected chi connectivity index (χ1v) is 12.9. The molecule has 0 N–H and O–H groups in total. The monoisotopic (exact) mass is 536 g/mol. The van der Waals surface area contributed by atoms with E-state index in [1.54, 1.807) is 12.2 Å². The quantitative estimate of drug-likeness (QED) is 0.150. The molecular formula is C31H22Cl2N4O. The highest BCUT2D eigenvalue weighted by Crippen LogP contribution is 2.42. The number of Topliss-reactive ketones (excluding diaryl/α,β-unsaturated/α-hetero) is 1. The topological polar surface area (TPSA) is 50.9 Å². The van der Waals surface area contributed by atoms with Crippen molar-refractivity contribution in [3.8, 4) is 0 Å². The zero-order chi connectivity index (χ0) is 27.0. The summed E-state index contributed by atoms with van der Waals surface area (Å²) in [5.74, 6) is 1.77. The maximum atomic E-state index is 13.5. The normalized spacial score (nSPS) is 16.5. The van der Waals surface area contributed by atoms with Crippen LogP contribution in [0, 0.1) is 6.57 Å². The van der Waals surface area contributed by atoms with Crippen molar-refractivity contribution >= 4 is 63.1 Å². The molecule has 38 heavy (non-hydrogen) atoms. The van der Waals surface area contributed by atoms with Gasteiger partial charge in [-0.25, -0.2) is 4.85 Å². The van der Waals surface area contributed by atoms with E-state index in [9.17, 15) is 10.2 Å². The van der Waals surface area contributed by atoms with Crippen molar-refractivity contribution in [3.63, 3.8) is 0 Å². The van der Waals surface area contributed by atoms with Gasteiger partial charge < -0.3 is 10.3 Å². The van der Waals surface area contributed by atoms with Gasteiger partial charge in [0.1, 0.15) is 6.54 Å². The fourth-order valence-electron chi connectivity index (χ4n) is 4.89. The predicted molar refractivity (Wildman–Crippen MR) is 155 cm³/mol. The second kappa shape index (κ2) is 10.3. The van der Waals surface area contributed by atoms with E-state index in [0.717, 1.165) is 46.4 Å². The molecule has 3 aromatic rings. The van der Waals surface area contributed by atoms with Gasteiger partial charge in [-0.15, -0.1) is 0 Å². The smallest absolute Gasteiger partial charge is 0.214 e. The first-order valence-electron chi connectivity index (χ1n) is 12.1. The first-order chi connectivity index (χ1) is 18.4. The largest absolute Gasteiger partial charge is 0.775 e. The molecular weight excluding hydrogens is 515 g/mol. The molecule has 0 saturated carbocycles. The molecule has 2 aliphatic rings. The van der Waals surface area contributed by atoms with Crippen molar-refractivity contribution in [1.29, 1.82) is 0 Å². The number of halogens is 2. The Morgan fingerprint density at radius 3 is 2.61 bits per heavy atom. The minimum absolute atomic E-state index is 0.110. The summed E-state index contributed by atoms with van der Waals surface area (Å²) in [6.45, 7) is 13.2. The van der Waals surface area contributed by atoms with E-state index >= 15 is 0 Å². The van der Waals surface area contributed by atoms with Gasteiger partial charge in [-0.3, -0.25) is 10.7 Å². The molecule has 186 valence electrons. The highest BCUT2D eigenvalue weighted by atomic mass is 35.5. The number of hydrogen-bond acceptors (Lipinski definition) is 2. The third-order valence-corrected chi connectivity index (χ3v) is 7.26. The Hall–Kier alpha value is -4.20. The molecule has 0 spiro atoms. The molecule has 0 fully saturated rings. The van der Waals surface area contributed by atoms with Gasteiger partial charge in [-0.1, -0.05) is 29.3 Å². The van der Waals surface area contributed by atoms with Crippen molar-refractivity contribution in [3.05, 3.63) is 127 Å². The number of allylic oxidation sites excluding steroid dienone is 5. The zero-order valence-electron chi connectivity index (χ0n) is 20.8. The van der Waals surface area contributed by atoms with Gasteiger partial charge in [-0.2, -0.15) is 4.57 Å². The number of ketones is 1. The van der Waals surface area contributed by atoms with Crippen LogP contribution in [0.15, 0.2) is 89.4 Å². The van der Waals surface area contributed by atoms with Crippen LogP contribution in [0.2, 0.25) is 10.0 Å². The fourth-order valence-corrected chi connectivity index (χ4v) is 5.22. The average molecular weight is 537 g/mol. The molecule has 2 heterocycles. The number of nitrogens with zero attached hydrogens (tertiary/aromatic N) is 4. The maximum Gasteiger partial charge on any atom is 0.214 e. The number of fused-ring (bicyclic) bond motifs is 2. The van der Waals surface area contributed by atoms with Gasteiger partial charge in [0.2, 0.25) is 11.2 Å². The van der Waals surface area contributed by atoms with Crippen molar-refractivity contribution in [1.82, 2.24) is 0 Å². The Labute approximate surface area is 231 Å². The molecule has 5 nitrogen and oxygen atoms in total. The van der Waals surface area contributed by atoms with Crippen molar-refractivity contribution in [2.45, 2.75) is 20.4 Å². The van der Waals surface area contributed by atoms with Crippen LogP contribution in [0.5, 0.6) is 0 Å². The van der Waals surface area contributed by atoms with Gasteiger partial charge in [0, 0.05) is 57.2 Å². The van der Waals surface area contributed by atoms with Crippen LogP contribution >= 0.6 is 23.2 Å². The molecule has 7 heteroatoms. The Morgan fingerprint density at radius 1 is 1.13 bits per heavy atom. The predicted octanol–water partition coefficient (Wildman–Crippen LogP) is 7.20.